The summed E-state index contributed by atoms with van der Waals surface area (Å²) in [7, 11) is 1.72. The van der Waals surface area contributed by atoms with Crippen molar-refractivity contribution in [3.05, 3.63) is 71.9 Å². The van der Waals surface area contributed by atoms with Crippen molar-refractivity contribution < 1.29 is 133 Å². The number of nitrogens with one attached hydrogen (secondary N) is 7. The Morgan fingerprint density at radius 2 is 0.779 bits per heavy atom. The lowest BCUT2D eigenvalue weighted by atomic mass is 9.89. The minimum absolute atomic E-state index is 0. The van der Waals surface area contributed by atoms with Crippen LogP contribution in [0.25, 0.3) is 0 Å². The first-order chi connectivity index (χ1) is 58.8. The number of benzene rings is 2. The summed E-state index contributed by atoms with van der Waals surface area (Å²) in [6.07, 6.45) is 20.6. The minimum Gasteiger partial charge on any atom is -0.494 e. The van der Waals surface area contributed by atoms with E-state index in [1.807, 2.05) is 6.92 Å². The van der Waals surface area contributed by atoms with Crippen molar-refractivity contribution in [3.8, 4) is 11.5 Å². The van der Waals surface area contributed by atoms with Gasteiger partial charge in [-0.3, -0.25) is 43.2 Å². The van der Waals surface area contributed by atoms with Gasteiger partial charge in [-0.2, -0.15) is 0 Å². The number of Topliss-reactive ketones (excluding diaryl/α,β-unsaturated/α-hetero) is 4. The van der Waals surface area contributed by atoms with Gasteiger partial charge in [0.05, 0.1) is 96.5 Å². The van der Waals surface area contributed by atoms with Crippen molar-refractivity contribution in [3.63, 3.8) is 0 Å². The fourth-order valence-electron chi connectivity index (χ4n) is 12.0. The molecule has 0 spiro atoms. The van der Waals surface area contributed by atoms with Crippen molar-refractivity contribution in [2.45, 2.75) is 238 Å². The second kappa shape index (κ2) is 75.8. The number of carboxylic acid groups (broad SMARTS) is 4. The van der Waals surface area contributed by atoms with E-state index in [1.165, 1.54) is 38.1 Å². The third-order valence-corrected chi connectivity index (χ3v) is 19.0. The Balaban J connectivity index is 0. The summed E-state index contributed by atoms with van der Waals surface area (Å²) in [5, 5.41) is 56.4. The van der Waals surface area contributed by atoms with Crippen molar-refractivity contribution in [1.82, 2.24) is 37.2 Å². The third-order valence-electron chi connectivity index (χ3n) is 19.0. The summed E-state index contributed by atoms with van der Waals surface area (Å²) < 4.78 is 54.1. The molecule has 11 N–H and O–H groups in total. The maximum atomic E-state index is 12.9. The summed E-state index contributed by atoms with van der Waals surface area (Å²) in [4.78, 5) is 154. The van der Waals surface area contributed by atoms with E-state index < -0.39 is 36.0 Å². The molecule has 0 unspecified atom stereocenters. The molecule has 0 saturated heterocycles. The molecule has 122 heavy (non-hydrogen) atoms. The number of carboxylic acids is 4. The highest BCUT2D eigenvalue weighted by Crippen LogP contribution is 2.20. The zero-order valence-electron chi connectivity index (χ0n) is 72.8. The first kappa shape index (κ1) is 111. The van der Waals surface area contributed by atoms with Gasteiger partial charge in [0.1, 0.15) is 60.8 Å². The fraction of sp³-hybridized carbons (Fsp3) is 0.693. The molecule has 0 heterocycles. The fourth-order valence-corrected chi connectivity index (χ4v) is 12.0. The largest absolute Gasteiger partial charge is 0.494 e. The number of hydrogen-bond acceptors (Lipinski definition) is 25. The Hall–Kier alpha value is -8.87. The zero-order chi connectivity index (χ0) is 89.9. The third kappa shape index (κ3) is 65.8. The van der Waals surface area contributed by atoms with Crippen LogP contribution in [0.2, 0.25) is 0 Å². The number of allylic oxidation sites excluding steroid dienone is 1. The molecule has 0 aromatic heterocycles. The Bertz CT molecular complexity index is 3250. The molecule has 34 nitrogen and oxygen atoms in total. The number of hydrogen-bond donors (Lipinski definition) is 11. The maximum absolute atomic E-state index is 12.9. The lowest BCUT2D eigenvalue weighted by Crippen LogP contribution is -2.41. The van der Waals surface area contributed by atoms with Gasteiger partial charge in [0.15, 0.2) is 5.78 Å². The summed E-state index contributed by atoms with van der Waals surface area (Å²) in [6, 6.07) is 10.3. The van der Waals surface area contributed by atoms with Crippen molar-refractivity contribution in [2.24, 2.45) is 5.92 Å². The highest BCUT2D eigenvalue weighted by Gasteiger charge is 2.25. The standard InChI is InChI=1S/C53H87N5O15.C35H56N2O12.2H2/c1-40(17-10-8-6-5-7-9-15-31-73-46-24-21-43(22-25-46)52(65)66)58-48(53(67)68)26-23-45(61)19-16-30-69-33-35-71-39-51(64)57-29-32-70-34-36-72-38-50(63)56-28-14-12-20-47(54-4)49(62)37-44(41(2)59)18-11-13-27-55-42(3)60;1-2-45-23-24-46-20-10-11-29(38)27-48-26-25-47-22-19-36-32(39)18-17-31(35(43)44)37-33(40)12-8-6-4-3-5-7-9-21-49-30-15-13-28(14-16-30)34(41)42;;/h21-22,24-25,44,47-48,54,58H,1,5-20,23,26-39H2,2-4H3,(H,55,60)(H,56,63)(H,57,64)(H,65,66)(H,67,68);13-16,31H,2-12,17-27H2,1H3,(H,36,39)(H,37,40)(H,41,42)(H,43,44);2*1H/t44-,47+,48+;31-;;/m10../s1. The summed E-state index contributed by atoms with van der Waals surface area (Å²) in [5.74, 6) is -4.61. The average molecular weight is 1740 g/mol. The zero-order valence-corrected chi connectivity index (χ0v) is 72.8. The van der Waals surface area contributed by atoms with Crippen molar-refractivity contribution in [2.75, 3.05) is 152 Å². The molecule has 0 bridgehead atoms. The number of likely N-dealkylation sites (N-methyl/N-ethyl adjacent to an activating group) is 1. The van der Waals surface area contributed by atoms with Crippen LogP contribution in [0, 0.1) is 5.92 Å². The number of rotatable bonds is 83. The second-order valence-corrected chi connectivity index (χ2v) is 29.4. The van der Waals surface area contributed by atoms with Gasteiger partial charge in [-0.1, -0.05) is 77.2 Å². The van der Waals surface area contributed by atoms with Crippen LogP contribution >= 0.6 is 0 Å². The Kier molecular flexibility index (Phi) is 69.1. The van der Waals surface area contributed by atoms with Crippen LogP contribution < -0.4 is 46.7 Å². The van der Waals surface area contributed by atoms with Gasteiger partial charge in [0, 0.05) is 106 Å². The molecule has 34 heteroatoms. The van der Waals surface area contributed by atoms with Crippen LogP contribution in [0.3, 0.4) is 0 Å². The van der Waals surface area contributed by atoms with Crippen LogP contribution in [-0.2, 0) is 90.6 Å². The number of carbonyl (C=O) groups is 13. The number of ether oxygens (including phenoxy) is 10. The van der Waals surface area contributed by atoms with Gasteiger partial charge < -0.3 is 105 Å². The Labute approximate surface area is 723 Å². The van der Waals surface area contributed by atoms with Gasteiger partial charge >= 0.3 is 23.9 Å². The molecule has 2 rings (SSSR count). The van der Waals surface area contributed by atoms with Crippen LogP contribution in [0.1, 0.15) is 243 Å². The number of unbranched alkanes of at least 4 members (excludes halogenated alkanes) is 14. The van der Waals surface area contributed by atoms with Crippen molar-refractivity contribution >= 4 is 76.5 Å². The summed E-state index contributed by atoms with van der Waals surface area (Å²) >= 11 is 0. The molecule has 5 amide bonds. The van der Waals surface area contributed by atoms with Gasteiger partial charge in [-0.05, 0) is 159 Å². The lowest BCUT2D eigenvalue weighted by molar-refractivity contribution is -0.142. The molecule has 0 aliphatic heterocycles. The molecule has 696 valence electrons. The summed E-state index contributed by atoms with van der Waals surface area (Å²) in [5.41, 5.74) is 1.10. The van der Waals surface area contributed by atoms with Gasteiger partial charge in [0.2, 0.25) is 29.5 Å². The van der Waals surface area contributed by atoms with E-state index in [0.717, 1.165) is 96.3 Å². The van der Waals surface area contributed by atoms with Crippen LogP contribution in [0.4, 0.5) is 0 Å². The number of carbonyl (C=O) groups excluding carboxylic acids is 9. The van der Waals surface area contributed by atoms with Crippen molar-refractivity contribution in [1.29, 1.82) is 0 Å². The van der Waals surface area contributed by atoms with E-state index in [-0.39, 0.29) is 209 Å². The van der Waals surface area contributed by atoms with E-state index in [1.54, 1.807) is 31.3 Å². The molecule has 0 aliphatic carbocycles. The van der Waals surface area contributed by atoms with E-state index in [9.17, 15) is 72.5 Å². The number of aliphatic carboxylic acids is 2. The van der Waals surface area contributed by atoms with E-state index >= 15 is 0 Å². The summed E-state index contributed by atoms with van der Waals surface area (Å²) in [6.45, 7) is 15.6. The smallest absolute Gasteiger partial charge is 0.335 e. The second-order valence-electron chi connectivity index (χ2n) is 29.4. The first-order valence-electron chi connectivity index (χ1n) is 43.4. The first-order valence-corrected chi connectivity index (χ1v) is 43.4. The Morgan fingerprint density at radius 3 is 1.26 bits per heavy atom. The predicted octanol–water partition coefficient (Wildman–Crippen LogP) is 9.38. The molecule has 0 radical (unpaired) electrons. The SMILES string of the molecule is C=C(CCCCCCCCCOc1ccc(C(=O)O)cc1)N[C@@H](CCC(=O)CCCOCCOCC(=O)NCCOCCOCC(=O)NCCCC[C@H](NC)C(=O)C[C@@H](CCCCNC(C)=O)C(C)=O)C(=O)O.CCOCCOCCCC(=O)COCCOCCNC(=O)CC[C@H](NC(=O)CCCCCCCCCOc1ccc(C(=O)O)cc1)C(=O)O.[HH].[HH]. The lowest BCUT2D eigenvalue weighted by Gasteiger charge is -2.19. The highest BCUT2D eigenvalue weighted by molar-refractivity contribution is 5.90. The quantitative estimate of drug-likeness (QED) is 0.0275. The Morgan fingerprint density at radius 1 is 0.361 bits per heavy atom. The van der Waals surface area contributed by atoms with Gasteiger partial charge in [-0.25, -0.2) is 19.2 Å². The molecule has 4 atom stereocenters. The monoisotopic (exact) mass is 1730 g/mol. The molecule has 2 aromatic carbocycles. The minimum atomic E-state index is -1.19. The maximum Gasteiger partial charge on any atom is 0.335 e. The van der Waals surface area contributed by atoms with Gasteiger partial charge in [0.25, 0.3) is 0 Å². The average Bonchev–Trinajstić information content (AvgIpc) is 0.915. The number of amides is 5. The van der Waals surface area contributed by atoms with Crippen LogP contribution in [-0.4, -0.2) is 267 Å². The van der Waals surface area contributed by atoms with E-state index in [0.29, 0.717) is 134 Å². The molecular formula is C88H147N7O27. The number of aromatic carboxylic acids is 2. The van der Waals surface area contributed by atoms with Gasteiger partial charge in [-0.15, -0.1) is 0 Å². The normalized spacial score (nSPS) is 12.0. The molecule has 0 fully saturated rings. The molecule has 0 aliphatic rings. The van der Waals surface area contributed by atoms with E-state index in [2.05, 4.69) is 43.8 Å². The predicted molar refractivity (Wildman–Crippen MR) is 460 cm³/mol. The van der Waals surface area contributed by atoms with Crippen LogP contribution in [0.15, 0.2) is 60.8 Å². The highest BCUT2D eigenvalue weighted by atomic mass is 16.5. The number of ketones is 4. The topological polar surface area (TPSA) is 479 Å². The van der Waals surface area contributed by atoms with E-state index in [4.69, 9.17) is 57.6 Å². The van der Waals surface area contributed by atoms with Crippen LogP contribution in [0.5, 0.6) is 11.5 Å². The molecular weight excluding hydrogens is 1590 g/mol. The molecule has 0 saturated carbocycles. The molecule has 2 aromatic rings.